The number of hydrogen-bond donors (Lipinski definition) is 2. The molecule has 0 aromatic heterocycles. The van der Waals surface area contributed by atoms with E-state index in [1.807, 2.05) is 7.05 Å². The Kier molecular flexibility index (Phi) is 5.23. The summed E-state index contributed by atoms with van der Waals surface area (Å²) in [7, 11) is 3.50. The molecule has 0 bridgehead atoms. The van der Waals surface area contributed by atoms with Crippen molar-refractivity contribution in [1.29, 1.82) is 0 Å². The van der Waals surface area contributed by atoms with E-state index in [1.165, 1.54) is 0 Å². The van der Waals surface area contributed by atoms with Crippen LogP contribution in [0.4, 0.5) is 0 Å². The van der Waals surface area contributed by atoms with Crippen LogP contribution in [-0.2, 0) is 4.84 Å². The molecule has 0 aliphatic heterocycles. The lowest BCUT2D eigenvalue weighted by molar-refractivity contribution is 0.0219. The quantitative estimate of drug-likeness (QED) is 0.390. The largest absolute Gasteiger partial charge is 0.316 e. The fraction of sp³-hybridized carbons (Fsp3) is 0.667. The molecular formula is C6H12N2O. The van der Waals surface area contributed by atoms with Gasteiger partial charge in [-0.2, -0.15) is 0 Å². The van der Waals surface area contributed by atoms with Gasteiger partial charge in [0.15, 0.2) is 6.10 Å². The molecule has 3 nitrogen and oxygen atoms in total. The van der Waals surface area contributed by atoms with Gasteiger partial charge in [0, 0.05) is 13.6 Å². The smallest absolute Gasteiger partial charge is 0.151 e. The summed E-state index contributed by atoms with van der Waals surface area (Å²) in [4.78, 5) is 4.88. The van der Waals surface area contributed by atoms with Gasteiger partial charge in [-0.05, 0) is 7.05 Å². The van der Waals surface area contributed by atoms with Gasteiger partial charge in [-0.25, -0.2) is 5.48 Å². The number of rotatable bonds is 4. The molecule has 1 unspecified atom stereocenters. The second-order valence-electron chi connectivity index (χ2n) is 1.53. The van der Waals surface area contributed by atoms with Gasteiger partial charge in [0.25, 0.3) is 0 Å². The molecule has 0 amide bonds. The van der Waals surface area contributed by atoms with E-state index in [4.69, 9.17) is 11.3 Å². The van der Waals surface area contributed by atoms with Gasteiger partial charge >= 0.3 is 0 Å². The van der Waals surface area contributed by atoms with Crippen LogP contribution in [0.2, 0.25) is 0 Å². The first-order valence-corrected chi connectivity index (χ1v) is 2.78. The van der Waals surface area contributed by atoms with E-state index < -0.39 is 0 Å². The first kappa shape index (κ1) is 8.44. The van der Waals surface area contributed by atoms with Gasteiger partial charge < -0.3 is 5.32 Å². The number of likely N-dealkylation sites (N-methyl/N-ethyl adjacent to an activating group) is 1. The molecular weight excluding hydrogens is 116 g/mol. The monoisotopic (exact) mass is 128 g/mol. The fourth-order valence-corrected chi connectivity index (χ4v) is 0.462. The molecule has 9 heavy (non-hydrogen) atoms. The standard InChI is InChI=1S/C6H12N2O/c1-4-6(5-7-2)9-8-3/h1,6-8H,5H2,2-3H3. The molecule has 0 aromatic rings. The highest BCUT2D eigenvalue weighted by Gasteiger charge is 1.99. The Hall–Kier alpha value is -0.560. The molecule has 0 radical (unpaired) electrons. The third-order valence-electron chi connectivity index (χ3n) is 0.836. The first-order valence-electron chi connectivity index (χ1n) is 2.78. The lowest BCUT2D eigenvalue weighted by Gasteiger charge is -2.08. The van der Waals surface area contributed by atoms with Crippen molar-refractivity contribution in [2.45, 2.75) is 6.10 Å². The Balaban J connectivity index is 3.32. The minimum Gasteiger partial charge on any atom is -0.316 e. The van der Waals surface area contributed by atoms with Gasteiger partial charge in [0.1, 0.15) is 0 Å². The number of terminal acetylenes is 1. The molecule has 0 aliphatic carbocycles. The zero-order chi connectivity index (χ0) is 7.11. The van der Waals surface area contributed by atoms with Crippen LogP contribution >= 0.6 is 0 Å². The van der Waals surface area contributed by atoms with Gasteiger partial charge in [0.2, 0.25) is 0 Å². The maximum absolute atomic E-state index is 5.09. The van der Waals surface area contributed by atoms with Gasteiger partial charge in [-0.3, -0.25) is 4.84 Å². The van der Waals surface area contributed by atoms with E-state index in [1.54, 1.807) is 7.05 Å². The van der Waals surface area contributed by atoms with Crippen LogP contribution in [0, 0.1) is 12.3 Å². The molecule has 0 aliphatic rings. The molecule has 0 saturated heterocycles. The molecule has 1 atom stereocenters. The van der Waals surface area contributed by atoms with Crippen LogP contribution in [0.15, 0.2) is 0 Å². The van der Waals surface area contributed by atoms with Crippen molar-refractivity contribution in [3.05, 3.63) is 0 Å². The zero-order valence-corrected chi connectivity index (χ0v) is 5.77. The highest BCUT2D eigenvalue weighted by Crippen LogP contribution is 1.81. The van der Waals surface area contributed by atoms with Crippen LogP contribution in [0.5, 0.6) is 0 Å². The molecule has 0 fully saturated rings. The highest BCUT2D eigenvalue weighted by atomic mass is 16.7. The van der Waals surface area contributed by atoms with Crippen LogP contribution in [0.1, 0.15) is 0 Å². The Bertz CT molecular complexity index is 91.7. The summed E-state index contributed by atoms with van der Waals surface area (Å²) < 4.78 is 0. The molecule has 0 spiro atoms. The normalized spacial score (nSPS) is 12.6. The Morgan fingerprint density at radius 1 is 1.67 bits per heavy atom. The number of hydrogen-bond acceptors (Lipinski definition) is 3. The third kappa shape index (κ3) is 3.98. The van der Waals surface area contributed by atoms with Crippen molar-refractivity contribution in [2.75, 3.05) is 20.6 Å². The SMILES string of the molecule is C#CC(CNC)ONC. The van der Waals surface area contributed by atoms with Crippen LogP contribution < -0.4 is 10.8 Å². The minimum atomic E-state index is -0.181. The first-order chi connectivity index (χ1) is 4.35. The minimum absolute atomic E-state index is 0.181. The van der Waals surface area contributed by atoms with Crippen molar-refractivity contribution in [2.24, 2.45) is 0 Å². The molecule has 3 heteroatoms. The van der Waals surface area contributed by atoms with Crippen molar-refractivity contribution < 1.29 is 4.84 Å². The summed E-state index contributed by atoms with van der Waals surface area (Å²) in [5.74, 6) is 2.46. The second-order valence-corrected chi connectivity index (χ2v) is 1.53. The Morgan fingerprint density at radius 2 is 2.33 bits per heavy atom. The van der Waals surface area contributed by atoms with Crippen molar-refractivity contribution in [3.63, 3.8) is 0 Å². The summed E-state index contributed by atoms with van der Waals surface area (Å²) in [5.41, 5.74) is 2.52. The summed E-state index contributed by atoms with van der Waals surface area (Å²) in [6.07, 6.45) is 4.91. The molecule has 2 N–H and O–H groups in total. The third-order valence-corrected chi connectivity index (χ3v) is 0.836. The lowest BCUT2D eigenvalue weighted by Crippen LogP contribution is -2.29. The van der Waals surface area contributed by atoms with Gasteiger partial charge in [0.05, 0.1) is 0 Å². The average Bonchev–Trinajstić information content (AvgIpc) is 1.88. The fourth-order valence-electron chi connectivity index (χ4n) is 0.462. The average molecular weight is 128 g/mol. The Labute approximate surface area is 55.7 Å². The van der Waals surface area contributed by atoms with E-state index in [2.05, 4.69) is 16.7 Å². The van der Waals surface area contributed by atoms with E-state index >= 15 is 0 Å². The lowest BCUT2D eigenvalue weighted by atomic mass is 10.4. The topological polar surface area (TPSA) is 33.3 Å². The second kappa shape index (κ2) is 5.57. The molecule has 0 saturated carbocycles. The molecule has 0 aromatic carbocycles. The van der Waals surface area contributed by atoms with Crippen molar-refractivity contribution in [1.82, 2.24) is 10.8 Å². The molecule has 52 valence electrons. The van der Waals surface area contributed by atoms with Crippen LogP contribution in [-0.4, -0.2) is 26.7 Å². The van der Waals surface area contributed by atoms with Crippen LogP contribution in [0.3, 0.4) is 0 Å². The predicted octanol–water partition coefficient (Wildman–Crippen LogP) is -0.641. The summed E-state index contributed by atoms with van der Waals surface area (Å²) in [6, 6.07) is 0. The highest BCUT2D eigenvalue weighted by molar-refractivity contribution is 4.95. The van der Waals surface area contributed by atoms with Gasteiger partial charge in [-0.1, -0.05) is 5.92 Å². The number of nitrogens with one attached hydrogen (secondary N) is 2. The summed E-state index contributed by atoms with van der Waals surface area (Å²) >= 11 is 0. The zero-order valence-electron chi connectivity index (χ0n) is 5.77. The van der Waals surface area contributed by atoms with Crippen LogP contribution in [0.25, 0.3) is 0 Å². The van der Waals surface area contributed by atoms with E-state index in [9.17, 15) is 0 Å². The Morgan fingerprint density at radius 3 is 2.67 bits per heavy atom. The van der Waals surface area contributed by atoms with Gasteiger partial charge in [-0.15, -0.1) is 6.42 Å². The molecule has 0 heterocycles. The van der Waals surface area contributed by atoms with Crippen molar-refractivity contribution >= 4 is 0 Å². The maximum atomic E-state index is 5.09. The number of hydroxylamine groups is 1. The van der Waals surface area contributed by atoms with Crippen molar-refractivity contribution in [3.8, 4) is 12.3 Å². The summed E-state index contributed by atoms with van der Waals surface area (Å²) in [6.45, 7) is 0.664. The summed E-state index contributed by atoms with van der Waals surface area (Å²) in [5, 5.41) is 2.90. The van der Waals surface area contributed by atoms with E-state index in [-0.39, 0.29) is 6.10 Å². The van der Waals surface area contributed by atoms with E-state index in [0.717, 1.165) is 0 Å². The van der Waals surface area contributed by atoms with E-state index in [0.29, 0.717) is 6.54 Å². The predicted molar refractivity (Wildman–Crippen MR) is 36.7 cm³/mol. The maximum Gasteiger partial charge on any atom is 0.151 e. The molecule has 0 rings (SSSR count).